The van der Waals surface area contributed by atoms with Gasteiger partial charge in [-0.1, -0.05) is 23.5 Å². The van der Waals surface area contributed by atoms with E-state index in [2.05, 4.69) is 15.9 Å². The number of carboxylic acid groups (broad SMARTS) is 1. The number of pyridine rings is 1. The number of hydrogen-bond acceptors (Lipinski definition) is 7. The van der Waals surface area contributed by atoms with Gasteiger partial charge in [-0.25, -0.2) is 9.78 Å². The highest BCUT2D eigenvalue weighted by molar-refractivity contribution is 7.22. The quantitative estimate of drug-likeness (QED) is 0.489. The smallest absolute Gasteiger partial charge is 0.341 e. The Hall–Kier alpha value is -3.59. The summed E-state index contributed by atoms with van der Waals surface area (Å²) in [6.45, 7) is 3.30. The number of nitrogens with two attached hydrogens (primary N) is 1. The van der Waals surface area contributed by atoms with Crippen molar-refractivity contribution < 1.29 is 9.90 Å². The Labute approximate surface area is 175 Å². The lowest BCUT2D eigenvalue weighted by Crippen LogP contribution is -2.46. The molecule has 3 N–H and O–H groups in total. The van der Waals surface area contributed by atoms with E-state index in [1.54, 1.807) is 17.4 Å². The van der Waals surface area contributed by atoms with Crippen molar-refractivity contribution in [2.24, 2.45) is 0 Å². The van der Waals surface area contributed by atoms with Crippen molar-refractivity contribution >= 4 is 49.2 Å². The molecule has 0 aliphatic carbocycles. The van der Waals surface area contributed by atoms with E-state index in [0.29, 0.717) is 10.9 Å². The van der Waals surface area contributed by atoms with Crippen LogP contribution in [0.4, 0.5) is 10.8 Å². The molecular weight excluding hydrogens is 402 g/mol. The van der Waals surface area contributed by atoms with Crippen LogP contribution in [0.5, 0.6) is 0 Å². The highest BCUT2D eigenvalue weighted by atomic mass is 32.1. The lowest BCUT2D eigenvalue weighted by Gasteiger charge is -2.36. The average molecular weight is 421 g/mol. The monoisotopic (exact) mass is 421 g/mol. The summed E-state index contributed by atoms with van der Waals surface area (Å²) >= 11 is 1.70. The van der Waals surface area contributed by atoms with Gasteiger partial charge < -0.3 is 20.7 Å². The van der Waals surface area contributed by atoms with Gasteiger partial charge in [0.2, 0.25) is 5.43 Å². The predicted molar refractivity (Wildman–Crippen MR) is 119 cm³/mol. The van der Waals surface area contributed by atoms with E-state index in [4.69, 9.17) is 10.8 Å². The predicted octanol–water partition coefficient (Wildman–Crippen LogP) is 2.35. The molecule has 0 amide bonds. The number of benzene rings is 2. The molecule has 2 aromatic carbocycles. The number of thiazole rings is 1. The Bertz CT molecular complexity index is 1300. The van der Waals surface area contributed by atoms with Crippen molar-refractivity contribution in [2.75, 3.05) is 41.8 Å². The SMILES string of the molecule is Nn1cc(C(=O)O)c(=O)c2ccc(N3CCN(c4nc5ccccc5s4)CC3)cc21. The summed E-state index contributed by atoms with van der Waals surface area (Å²) < 4.78 is 2.40. The number of piperazine rings is 1. The largest absolute Gasteiger partial charge is 0.477 e. The molecule has 30 heavy (non-hydrogen) atoms. The Morgan fingerprint density at radius 2 is 1.80 bits per heavy atom. The van der Waals surface area contributed by atoms with Crippen LogP contribution in [0, 0.1) is 0 Å². The summed E-state index contributed by atoms with van der Waals surface area (Å²) in [5.41, 5.74) is 1.63. The van der Waals surface area contributed by atoms with Gasteiger partial charge >= 0.3 is 5.97 Å². The lowest BCUT2D eigenvalue weighted by molar-refractivity contribution is 0.0695. The first-order chi connectivity index (χ1) is 14.5. The van der Waals surface area contributed by atoms with Crippen LogP contribution in [0.1, 0.15) is 10.4 Å². The third-order valence-corrected chi connectivity index (χ3v) is 6.54. The second-order valence-corrected chi connectivity index (χ2v) is 8.23. The topological polar surface area (TPSA) is 105 Å². The molecule has 1 fully saturated rings. The standard InChI is InChI=1S/C21H19N5O3S/c22-26-12-15(20(28)29)19(27)14-6-5-13(11-17(14)26)24-7-9-25(10-8-24)21-23-16-3-1-2-4-18(16)30-21/h1-6,11-12H,7-10,22H2,(H,28,29). The van der Waals surface area contributed by atoms with E-state index in [9.17, 15) is 14.7 Å². The van der Waals surface area contributed by atoms with Crippen LogP contribution in [0.15, 0.2) is 53.5 Å². The van der Waals surface area contributed by atoms with Gasteiger partial charge in [-0.3, -0.25) is 9.47 Å². The maximum atomic E-state index is 12.4. The maximum absolute atomic E-state index is 12.4. The summed E-state index contributed by atoms with van der Waals surface area (Å²) in [4.78, 5) is 32.9. The van der Waals surface area contributed by atoms with E-state index in [0.717, 1.165) is 42.5 Å². The average Bonchev–Trinajstić information content (AvgIpc) is 3.20. The third kappa shape index (κ3) is 3.03. The summed E-state index contributed by atoms with van der Waals surface area (Å²) in [5, 5.41) is 10.5. The molecule has 0 saturated carbocycles. The Morgan fingerprint density at radius 1 is 1.07 bits per heavy atom. The molecule has 5 rings (SSSR count). The van der Waals surface area contributed by atoms with Crippen LogP contribution < -0.4 is 21.1 Å². The molecule has 1 saturated heterocycles. The van der Waals surface area contributed by atoms with Crippen molar-refractivity contribution in [3.8, 4) is 0 Å². The second-order valence-electron chi connectivity index (χ2n) is 7.22. The fraction of sp³-hybridized carbons (Fsp3) is 0.190. The van der Waals surface area contributed by atoms with Crippen LogP contribution in [0.2, 0.25) is 0 Å². The number of aromatic carboxylic acids is 1. The summed E-state index contributed by atoms with van der Waals surface area (Å²) in [5.74, 6) is 4.70. The van der Waals surface area contributed by atoms with Gasteiger partial charge in [-0.2, -0.15) is 0 Å². The van der Waals surface area contributed by atoms with Crippen molar-refractivity contribution in [2.45, 2.75) is 0 Å². The molecule has 1 aliphatic rings. The highest BCUT2D eigenvalue weighted by Crippen LogP contribution is 2.30. The van der Waals surface area contributed by atoms with Crippen LogP contribution >= 0.6 is 11.3 Å². The molecule has 0 unspecified atom stereocenters. The van der Waals surface area contributed by atoms with Gasteiger partial charge in [-0.05, 0) is 30.3 Å². The fourth-order valence-electron chi connectivity index (χ4n) is 3.84. The zero-order valence-corrected chi connectivity index (χ0v) is 16.8. The minimum atomic E-state index is -1.28. The summed E-state index contributed by atoms with van der Waals surface area (Å²) in [6, 6.07) is 13.5. The van der Waals surface area contributed by atoms with Crippen molar-refractivity contribution in [1.82, 2.24) is 9.66 Å². The number of aromatic nitrogens is 2. The van der Waals surface area contributed by atoms with Crippen LogP contribution in [0.3, 0.4) is 0 Å². The normalized spacial score (nSPS) is 14.5. The Morgan fingerprint density at radius 3 is 2.53 bits per heavy atom. The fourth-order valence-corrected chi connectivity index (χ4v) is 4.86. The molecule has 4 aromatic rings. The van der Waals surface area contributed by atoms with E-state index >= 15 is 0 Å². The number of carbonyl (C=O) groups is 1. The van der Waals surface area contributed by atoms with Crippen LogP contribution in [-0.4, -0.2) is 46.9 Å². The van der Waals surface area contributed by atoms with Gasteiger partial charge in [0.1, 0.15) is 5.56 Å². The number of para-hydroxylation sites is 1. The molecule has 0 atom stereocenters. The molecule has 9 heteroatoms. The molecule has 2 aromatic heterocycles. The first-order valence-corrected chi connectivity index (χ1v) is 10.4. The number of nitrogens with zero attached hydrogens (tertiary/aromatic N) is 4. The lowest BCUT2D eigenvalue weighted by atomic mass is 10.1. The summed E-state index contributed by atoms with van der Waals surface area (Å²) in [6.07, 6.45) is 1.17. The maximum Gasteiger partial charge on any atom is 0.341 e. The molecule has 1 aliphatic heterocycles. The third-order valence-electron chi connectivity index (χ3n) is 5.45. The molecule has 0 bridgehead atoms. The summed E-state index contributed by atoms with van der Waals surface area (Å²) in [7, 11) is 0. The van der Waals surface area contributed by atoms with Crippen LogP contribution in [-0.2, 0) is 0 Å². The molecule has 0 spiro atoms. The molecule has 8 nitrogen and oxygen atoms in total. The van der Waals surface area contributed by atoms with Crippen LogP contribution in [0.25, 0.3) is 21.1 Å². The number of rotatable bonds is 3. The minimum absolute atomic E-state index is 0.300. The Kier molecular flexibility index (Phi) is 4.32. The molecule has 0 radical (unpaired) electrons. The number of anilines is 2. The number of nitrogen functional groups attached to an aromatic ring is 1. The van der Waals surface area contributed by atoms with E-state index in [-0.39, 0.29) is 5.56 Å². The number of hydrogen-bond donors (Lipinski definition) is 2. The Balaban J connectivity index is 1.39. The van der Waals surface area contributed by atoms with Crippen molar-refractivity contribution in [3.05, 3.63) is 64.4 Å². The number of fused-ring (bicyclic) bond motifs is 2. The van der Waals surface area contributed by atoms with Crippen molar-refractivity contribution in [3.63, 3.8) is 0 Å². The highest BCUT2D eigenvalue weighted by Gasteiger charge is 2.21. The zero-order valence-electron chi connectivity index (χ0n) is 16.0. The van der Waals surface area contributed by atoms with Crippen molar-refractivity contribution in [1.29, 1.82) is 0 Å². The number of carboxylic acids is 1. The minimum Gasteiger partial charge on any atom is -0.477 e. The van der Waals surface area contributed by atoms with E-state index < -0.39 is 11.4 Å². The van der Waals surface area contributed by atoms with Gasteiger partial charge in [0, 0.05) is 43.4 Å². The molecular formula is C21H19N5O3S. The van der Waals surface area contributed by atoms with Gasteiger partial charge in [0.25, 0.3) is 0 Å². The second kappa shape index (κ2) is 7.03. The van der Waals surface area contributed by atoms with Gasteiger partial charge in [0.15, 0.2) is 5.13 Å². The zero-order chi connectivity index (χ0) is 20.8. The first-order valence-electron chi connectivity index (χ1n) is 9.54. The van der Waals surface area contributed by atoms with E-state index in [1.807, 2.05) is 30.3 Å². The first kappa shape index (κ1) is 18.4. The van der Waals surface area contributed by atoms with Gasteiger partial charge in [0.05, 0.1) is 15.7 Å². The molecule has 152 valence electrons. The van der Waals surface area contributed by atoms with Gasteiger partial charge in [-0.15, -0.1) is 0 Å². The molecule has 3 heterocycles. The van der Waals surface area contributed by atoms with E-state index in [1.165, 1.54) is 15.6 Å².